The molecule has 0 saturated carbocycles. The predicted octanol–water partition coefficient (Wildman–Crippen LogP) is 3.59. The molecule has 0 radical (unpaired) electrons. The molecule has 1 nitrogen and oxygen atoms in total. The lowest BCUT2D eigenvalue weighted by Crippen LogP contribution is -2.05. The minimum Gasteiger partial charge on any atom is -0.298 e. The molecular formula is C12H15ClOS. The summed E-state index contributed by atoms with van der Waals surface area (Å²) in [4.78, 5) is 11.5. The SMILES string of the molecule is CCCSCC(=O)Cc1ccc(Cl)cc1. The van der Waals surface area contributed by atoms with Crippen molar-refractivity contribution in [2.75, 3.05) is 11.5 Å². The first-order valence-electron chi connectivity index (χ1n) is 5.06. The van der Waals surface area contributed by atoms with E-state index < -0.39 is 0 Å². The highest BCUT2D eigenvalue weighted by atomic mass is 35.5. The molecule has 3 heteroatoms. The number of halogens is 1. The van der Waals surface area contributed by atoms with Crippen LogP contribution in [0.1, 0.15) is 18.9 Å². The molecular weight excluding hydrogens is 228 g/mol. The second kappa shape index (κ2) is 6.91. The summed E-state index contributed by atoms with van der Waals surface area (Å²) < 4.78 is 0. The number of ketones is 1. The summed E-state index contributed by atoms with van der Waals surface area (Å²) >= 11 is 7.47. The summed E-state index contributed by atoms with van der Waals surface area (Å²) in [6.07, 6.45) is 1.65. The normalized spacial score (nSPS) is 10.3. The van der Waals surface area contributed by atoms with Gasteiger partial charge in [0.05, 0.1) is 5.75 Å². The molecule has 0 atom stereocenters. The van der Waals surface area contributed by atoms with Crippen molar-refractivity contribution in [1.29, 1.82) is 0 Å². The maximum absolute atomic E-state index is 11.5. The fraction of sp³-hybridized carbons (Fsp3) is 0.417. The van der Waals surface area contributed by atoms with Crippen molar-refractivity contribution >= 4 is 29.1 Å². The van der Waals surface area contributed by atoms with Crippen molar-refractivity contribution < 1.29 is 4.79 Å². The number of hydrogen-bond donors (Lipinski definition) is 0. The van der Waals surface area contributed by atoms with Gasteiger partial charge in [-0.2, -0.15) is 11.8 Å². The summed E-state index contributed by atoms with van der Waals surface area (Å²) in [5.74, 6) is 1.97. The van der Waals surface area contributed by atoms with E-state index >= 15 is 0 Å². The number of hydrogen-bond acceptors (Lipinski definition) is 2. The van der Waals surface area contributed by atoms with Crippen LogP contribution in [0.15, 0.2) is 24.3 Å². The number of thioether (sulfide) groups is 1. The van der Waals surface area contributed by atoms with Gasteiger partial charge in [0.2, 0.25) is 0 Å². The molecule has 0 aliphatic carbocycles. The van der Waals surface area contributed by atoms with E-state index in [1.54, 1.807) is 11.8 Å². The van der Waals surface area contributed by atoms with Gasteiger partial charge in [-0.25, -0.2) is 0 Å². The van der Waals surface area contributed by atoms with Crippen molar-refractivity contribution in [3.63, 3.8) is 0 Å². The van der Waals surface area contributed by atoms with Gasteiger partial charge in [-0.3, -0.25) is 4.79 Å². The number of benzene rings is 1. The number of carbonyl (C=O) groups is 1. The van der Waals surface area contributed by atoms with E-state index in [0.717, 1.165) is 17.7 Å². The second-order valence-electron chi connectivity index (χ2n) is 3.39. The Morgan fingerprint density at radius 3 is 2.60 bits per heavy atom. The maximum atomic E-state index is 11.5. The smallest absolute Gasteiger partial charge is 0.147 e. The molecule has 82 valence electrons. The zero-order chi connectivity index (χ0) is 11.1. The van der Waals surface area contributed by atoms with Gasteiger partial charge in [0.1, 0.15) is 5.78 Å². The van der Waals surface area contributed by atoms with Crippen LogP contribution in [0.5, 0.6) is 0 Å². The van der Waals surface area contributed by atoms with E-state index in [4.69, 9.17) is 11.6 Å². The van der Waals surface area contributed by atoms with Gasteiger partial charge < -0.3 is 0 Å². The van der Waals surface area contributed by atoms with Gasteiger partial charge >= 0.3 is 0 Å². The zero-order valence-electron chi connectivity index (χ0n) is 8.83. The Labute approximate surface area is 100 Å². The van der Waals surface area contributed by atoms with Crippen LogP contribution in [0.3, 0.4) is 0 Å². The Morgan fingerprint density at radius 2 is 2.00 bits per heavy atom. The standard InChI is InChI=1S/C12H15ClOS/c1-2-7-15-9-12(14)8-10-3-5-11(13)6-4-10/h3-6H,2,7-9H2,1H3. The van der Waals surface area contributed by atoms with Gasteiger partial charge in [-0.1, -0.05) is 30.7 Å². The minimum absolute atomic E-state index is 0.288. The average Bonchev–Trinajstić information content (AvgIpc) is 2.22. The lowest BCUT2D eigenvalue weighted by molar-refractivity contribution is -0.116. The Balaban J connectivity index is 2.34. The monoisotopic (exact) mass is 242 g/mol. The first-order valence-corrected chi connectivity index (χ1v) is 6.59. The lowest BCUT2D eigenvalue weighted by Gasteiger charge is -2.01. The maximum Gasteiger partial charge on any atom is 0.147 e. The number of rotatable bonds is 6. The quantitative estimate of drug-likeness (QED) is 0.709. The van der Waals surface area contributed by atoms with Gasteiger partial charge in [0, 0.05) is 11.4 Å². The molecule has 0 unspecified atom stereocenters. The van der Waals surface area contributed by atoms with Crippen LogP contribution in [0, 0.1) is 0 Å². The van der Waals surface area contributed by atoms with E-state index in [-0.39, 0.29) is 5.78 Å². The van der Waals surface area contributed by atoms with Crippen LogP contribution in [0.2, 0.25) is 5.02 Å². The third-order valence-corrected chi connectivity index (χ3v) is 3.40. The van der Waals surface area contributed by atoms with Crippen molar-refractivity contribution in [2.24, 2.45) is 0 Å². The average molecular weight is 243 g/mol. The van der Waals surface area contributed by atoms with Gasteiger partial charge in [-0.05, 0) is 29.9 Å². The van der Waals surface area contributed by atoms with E-state index in [2.05, 4.69) is 6.92 Å². The van der Waals surface area contributed by atoms with Crippen LogP contribution in [0.4, 0.5) is 0 Å². The predicted molar refractivity (Wildman–Crippen MR) is 67.8 cm³/mol. The van der Waals surface area contributed by atoms with Crippen molar-refractivity contribution in [3.8, 4) is 0 Å². The summed E-state index contributed by atoms with van der Waals surface area (Å²) in [5, 5.41) is 0.714. The highest BCUT2D eigenvalue weighted by Gasteiger charge is 2.03. The third kappa shape index (κ3) is 5.24. The molecule has 1 aromatic carbocycles. The van der Waals surface area contributed by atoms with E-state index in [1.165, 1.54) is 0 Å². The van der Waals surface area contributed by atoms with Crippen molar-refractivity contribution in [2.45, 2.75) is 19.8 Å². The molecule has 1 aromatic rings. The van der Waals surface area contributed by atoms with Crippen LogP contribution in [-0.4, -0.2) is 17.3 Å². The highest BCUT2D eigenvalue weighted by Crippen LogP contribution is 2.11. The van der Waals surface area contributed by atoms with Gasteiger partial charge in [-0.15, -0.1) is 0 Å². The third-order valence-electron chi connectivity index (χ3n) is 1.93. The first-order chi connectivity index (χ1) is 7.22. The summed E-state index contributed by atoms with van der Waals surface area (Å²) in [6, 6.07) is 7.46. The fourth-order valence-electron chi connectivity index (χ4n) is 1.21. The Morgan fingerprint density at radius 1 is 1.33 bits per heavy atom. The Hall–Kier alpha value is -0.470. The van der Waals surface area contributed by atoms with Crippen molar-refractivity contribution in [1.82, 2.24) is 0 Å². The van der Waals surface area contributed by atoms with Gasteiger partial charge in [0.15, 0.2) is 0 Å². The molecule has 0 aromatic heterocycles. The van der Waals surface area contributed by atoms with E-state index in [1.807, 2.05) is 24.3 Å². The van der Waals surface area contributed by atoms with E-state index in [0.29, 0.717) is 17.2 Å². The molecule has 0 N–H and O–H groups in total. The fourth-order valence-corrected chi connectivity index (χ4v) is 2.10. The molecule has 0 bridgehead atoms. The van der Waals surface area contributed by atoms with E-state index in [9.17, 15) is 4.79 Å². The molecule has 0 aliphatic rings. The Kier molecular flexibility index (Phi) is 5.81. The molecule has 0 spiro atoms. The van der Waals surface area contributed by atoms with Crippen LogP contribution in [-0.2, 0) is 11.2 Å². The molecule has 0 saturated heterocycles. The minimum atomic E-state index is 0.288. The topological polar surface area (TPSA) is 17.1 Å². The largest absolute Gasteiger partial charge is 0.298 e. The summed E-state index contributed by atoms with van der Waals surface area (Å²) in [5.41, 5.74) is 1.04. The molecule has 15 heavy (non-hydrogen) atoms. The summed E-state index contributed by atoms with van der Waals surface area (Å²) in [7, 11) is 0. The van der Waals surface area contributed by atoms with Gasteiger partial charge in [0.25, 0.3) is 0 Å². The molecule has 0 amide bonds. The molecule has 0 aliphatic heterocycles. The van der Waals surface area contributed by atoms with Crippen molar-refractivity contribution in [3.05, 3.63) is 34.9 Å². The summed E-state index contributed by atoms with van der Waals surface area (Å²) in [6.45, 7) is 2.12. The second-order valence-corrected chi connectivity index (χ2v) is 4.94. The number of carbonyl (C=O) groups excluding carboxylic acids is 1. The van der Waals surface area contributed by atoms with Crippen LogP contribution < -0.4 is 0 Å². The molecule has 0 fully saturated rings. The van der Waals surface area contributed by atoms with Crippen LogP contribution in [0.25, 0.3) is 0 Å². The van der Waals surface area contributed by atoms with Crippen LogP contribution >= 0.6 is 23.4 Å². The number of Topliss-reactive ketones (excluding diaryl/α,β-unsaturated/α-hetero) is 1. The zero-order valence-corrected chi connectivity index (χ0v) is 10.4. The Bertz CT molecular complexity index is 308. The molecule has 1 rings (SSSR count). The lowest BCUT2D eigenvalue weighted by atomic mass is 10.1. The first kappa shape index (κ1) is 12.6. The molecule has 0 heterocycles. The highest BCUT2D eigenvalue weighted by molar-refractivity contribution is 7.99.